The summed E-state index contributed by atoms with van der Waals surface area (Å²) in [6.07, 6.45) is 2.41. The van der Waals surface area contributed by atoms with Crippen molar-refractivity contribution >= 4 is 17.7 Å². The third-order valence-electron chi connectivity index (χ3n) is 3.19. The molecule has 1 aromatic rings. The molecule has 1 aromatic carbocycles. The van der Waals surface area contributed by atoms with Crippen LogP contribution in [0.25, 0.3) is 0 Å². The number of carbonyl (C=O) groups excluding carboxylic acids is 1. The van der Waals surface area contributed by atoms with Gasteiger partial charge < -0.3 is 10.1 Å². The largest absolute Gasteiger partial charge is 0.465 e. The number of thioether (sulfide) groups is 1. The quantitative estimate of drug-likeness (QED) is 0.862. The average Bonchev–Trinajstić information content (AvgIpc) is 2.45. The van der Waals surface area contributed by atoms with Crippen LogP contribution in [0.2, 0.25) is 0 Å². The number of carbonyl (C=O) groups is 1. The lowest BCUT2D eigenvalue weighted by Crippen LogP contribution is -2.33. The molecular formula is C14H18FNO2S. The van der Waals surface area contributed by atoms with Crippen molar-refractivity contribution in [3.63, 3.8) is 0 Å². The van der Waals surface area contributed by atoms with Crippen LogP contribution in [-0.2, 0) is 11.3 Å². The molecule has 0 radical (unpaired) electrons. The van der Waals surface area contributed by atoms with E-state index in [1.54, 1.807) is 6.07 Å². The highest BCUT2D eigenvalue weighted by molar-refractivity contribution is 7.99. The zero-order chi connectivity index (χ0) is 13.7. The summed E-state index contributed by atoms with van der Waals surface area (Å²) in [5.74, 6) is 1.19. The number of hydrogen-bond acceptors (Lipinski definition) is 4. The maximum Gasteiger partial charge on any atom is 0.340 e. The zero-order valence-electron chi connectivity index (χ0n) is 10.9. The van der Waals surface area contributed by atoms with E-state index in [1.165, 1.54) is 37.8 Å². The highest BCUT2D eigenvalue weighted by Gasteiger charge is 2.15. The Morgan fingerprint density at radius 2 is 2.42 bits per heavy atom. The molecule has 19 heavy (non-hydrogen) atoms. The highest BCUT2D eigenvalue weighted by Crippen LogP contribution is 2.18. The van der Waals surface area contributed by atoms with E-state index in [0.29, 0.717) is 12.6 Å². The van der Waals surface area contributed by atoms with Gasteiger partial charge in [0, 0.05) is 18.3 Å². The summed E-state index contributed by atoms with van der Waals surface area (Å²) in [6.45, 7) is 0.629. The molecule has 2 rings (SSSR count). The standard InChI is InChI=1S/C14H18FNO2S/c1-18-14(17)12-5-4-10(7-13(12)15)8-16-11-3-2-6-19-9-11/h4-5,7,11,16H,2-3,6,8-9H2,1H3. The minimum absolute atomic E-state index is 0.0144. The molecule has 5 heteroatoms. The first kappa shape index (κ1) is 14.3. The number of methoxy groups -OCH3 is 1. The Hall–Kier alpha value is -1.07. The predicted octanol–water partition coefficient (Wildman–Crippen LogP) is 2.60. The fourth-order valence-corrected chi connectivity index (χ4v) is 3.21. The summed E-state index contributed by atoms with van der Waals surface area (Å²) < 4.78 is 18.2. The molecule has 0 bridgehead atoms. The van der Waals surface area contributed by atoms with E-state index >= 15 is 0 Å². The summed E-state index contributed by atoms with van der Waals surface area (Å²) >= 11 is 1.95. The number of nitrogens with one attached hydrogen (secondary N) is 1. The predicted molar refractivity (Wildman–Crippen MR) is 74.9 cm³/mol. The van der Waals surface area contributed by atoms with Crippen LogP contribution in [0.3, 0.4) is 0 Å². The van der Waals surface area contributed by atoms with Gasteiger partial charge in [-0.25, -0.2) is 9.18 Å². The van der Waals surface area contributed by atoms with Crippen molar-refractivity contribution in [3.8, 4) is 0 Å². The molecule has 1 aliphatic rings. The van der Waals surface area contributed by atoms with Gasteiger partial charge >= 0.3 is 5.97 Å². The van der Waals surface area contributed by atoms with E-state index in [-0.39, 0.29) is 5.56 Å². The number of halogens is 1. The van der Waals surface area contributed by atoms with E-state index in [0.717, 1.165) is 11.3 Å². The van der Waals surface area contributed by atoms with Crippen molar-refractivity contribution in [1.29, 1.82) is 0 Å². The first-order chi connectivity index (χ1) is 9.20. The van der Waals surface area contributed by atoms with Crippen molar-refractivity contribution in [2.24, 2.45) is 0 Å². The lowest BCUT2D eigenvalue weighted by Gasteiger charge is -2.22. The molecule has 0 aliphatic carbocycles. The monoisotopic (exact) mass is 283 g/mol. The molecule has 1 unspecified atom stereocenters. The Kier molecular flexibility index (Phi) is 5.22. The van der Waals surface area contributed by atoms with Gasteiger partial charge in [-0.1, -0.05) is 6.07 Å². The SMILES string of the molecule is COC(=O)c1ccc(CNC2CCCSC2)cc1F. The summed E-state index contributed by atoms with van der Waals surface area (Å²) in [5, 5.41) is 3.42. The number of benzene rings is 1. The number of esters is 1. The smallest absolute Gasteiger partial charge is 0.340 e. The minimum atomic E-state index is -0.638. The molecule has 1 atom stereocenters. The van der Waals surface area contributed by atoms with Crippen molar-refractivity contribution < 1.29 is 13.9 Å². The molecule has 1 saturated heterocycles. The molecule has 1 fully saturated rings. The molecule has 104 valence electrons. The fourth-order valence-electron chi connectivity index (χ4n) is 2.11. The first-order valence-corrected chi connectivity index (χ1v) is 7.54. The maximum atomic E-state index is 13.7. The Bertz CT molecular complexity index is 447. The van der Waals surface area contributed by atoms with Gasteiger partial charge in [-0.3, -0.25) is 0 Å². The van der Waals surface area contributed by atoms with Gasteiger partial charge in [0.25, 0.3) is 0 Å². The molecule has 0 saturated carbocycles. The van der Waals surface area contributed by atoms with Crippen molar-refractivity contribution in [1.82, 2.24) is 5.32 Å². The van der Waals surface area contributed by atoms with Gasteiger partial charge in [0.15, 0.2) is 0 Å². The second kappa shape index (κ2) is 6.91. The lowest BCUT2D eigenvalue weighted by molar-refractivity contribution is 0.0595. The number of hydrogen-bond donors (Lipinski definition) is 1. The van der Waals surface area contributed by atoms with Crippen LogP contribution < -0.4 is 5.32 Å². The molecule has 3 nitrogen and oxygen atoms in total. The van der Waals surface area contributed by atoms with Crippen LogP contribution in [0.5, 0.6) is 0 Å². The lowest BCUT2D eigenvalue weighted by atomic mass is 10.1. The third-order valence-corrected chi connectivity index (χ3v) is 4.41. The Morgan fingerprint density at radius 3 is 3.05 bits per heavy atom. The van der Waals surface area contributed by atoms with Gasteiger partial charge in [-0.15, -0.1) is 0 Å². The number of rotatable bonds is 4. The molecular weight excluding hydrogens is 265 g/mol. The Balaban J connectivity index is 1.94. The molecule has 0 aromatic heterocycles. The van der Waals surface area contributed by atoms with Crippen LogP contribution >= 0.6 is 11.8 Å². The average molecular weight is 283 g/mol. The molecule has 1 heterocycles. The van der Waals surface area contributed by atoms with Crippen LogP contribution in [0.1, 0.15) is 28.8 Å². The van der Waals surface area contributed by atoms with Crippen LogP contribution in [-0.4, -0.2) is 30.6 Å². The Morgan fingerprint density at radius 1 is 1.58 bits per heavy atom. The van der Waals surface area contributed by atoms with Crippen molar-refractivity contribution in [2.45, 2.75) is 25.4 Å². The van der Waals surface area contributed by atoms with Crippen LogP contribution in [0.15, 0.2) is 18.2 Å². The molecule has 0 spiro atoms. The van der Waals surface area contributed by atoms with Gasteiger partial charge in [0.05, 0.1) is 12.7 Å². The van der Waals surface area contributed by atoms with Gasteiger partial charge in [-0.2, -0.15) is 11.8 Å². The maximum absolute atomic E-state index is 13.7. The summed E-state index contributed by atoms with van der Waals surface area (Å²) in [4.78, 5) is 11.3. The third kappa shape index (κ3) is 3.94. The normalized spacial score (nSPS) is 19.2. The second-order valence-electron chi connectivity index (χ2n) is 4.60. The summed E-state index contributed by atoms with van der Waals surface area (Å²) in [5.41, 5.74) is 0.834. The molecule has 1 aliphatic heterocycles. The van der Waals surface area contributed by atoms with Crippen LogP contribution in [0, 0.1) is 5.82 Å². The van der Waals surface area contributed by atoms with E-state index in [4.69, 9.17) is 0 Å². The van der Waals surface area contributed by atoms with E-state index < -0.39 is 11.8 Å². The summed E-state index contributed by atoms with van der Waals surface area (Å²) in [6, 6.07) is 5.14. The van der Waals surface area contributed by atoms with Gasteiger partial charge in [0.2, 0.25) is 0 Å². The molecule has 1 N–H and O–H groups in total. The Labute approximate surface area is 116 Å². The van der Waals surface area contributed by atoms with Crippen molar-refractivity contribution in [2.75, 3.05) is 18.6 Å². The van der Waals surface area contributed by atoms with Gasteiger partial charge in [-0.05, 0) is 36.3 Å². The zero-order valence-corrected chi connectivity index (χ0v) is 11.8. The van der Waals surface area contributed by atoms with Crippen LogP contribution in [0.4, 0.5) is 4.39 Å². The fraction of sp³-hybridized carbons (Fsp3) is 0.500. The first-order valence-electron chi connectivity index (χ1n) is 6.38. The van der Waals surface area contributed by atoms with Crippen molar-refractivity contribution in [3.05, 3.63) is 35.1 Å². The number of ether oxygens (including phenoxy) is 1. The van der Waals surface area contributed by atoms with Gasteiger partial charge in [0.1, 0.15) is 5.82 Å². The molecule has 0 amide bonds. The van der Waals surface area contributed by atoms with E-state index in [1.807, 2.05) is 11.8 Å². The minimum Gasteiger partial charge on any atom is -0.465 e. The summed E-state index contributed by atoms with van der Waals surface area (Å²) in [7, 11) is 1.25. The second-order valence-corrected chi connectivity index (χ2v) is 5.75. The topological polar surface area (TPSA) is 38.3 Å². The van der Waals surface area contributed by atoms with E-state index in [9.17, 15) is 9.18 Å². The van der Waals surface area contributed by atoms with E-state index in [2.05, 4.69) is 10.1 Å². The highest BCUT2D eigenvalue weighted by atomic mass is 32.2.